The second kappa shape index (κ2) is 14.5. The number of phenols is 1. The molecule has 3 heteroatoms. The first-order valence-electron chi connectivity index (χ1n) is 11.9. The van der Waals surface area contributed by atoms with Gasteiger partial charge in [-0.15, -0.1) is 0 Å². The van der Waals surface area contributed by atoms with E-state index in [4.69, 9.17) is 4.74 Å². The number of unbranched alkanes of at least 4 members (excludes halogenated alkanes) is 8. The normalized spacial score (nSPS) is 11.6. The van der Waals surface area contributed by atoms with Crippen LogP contribution in [-0.4, -0.2) is 17.7 Å². The zero-order chi connectivity index (χ0) is 21.5. The van der Waals surface area contributed by atoms with E-state index >= 15 is 0 Å². The highest BCUT2D eigenvalue weighted by atomic mass is 16.5. The molecule has 0 aliphatic rings. The molecule has 1 aromatic rings. The monoisotopic (exact) mass is 404 g/mol. The van der Waals surface area contributed by atoms with Crippen molar-refractivity contribution in [3.63, 3.8) is 0 Å². The van der Waals surface area contributed by atoms with Gasteiger partial charge in [-0.2, -0.15) is 0 Å². The van der Waals surface area contributed by atoms with Crippen molar-refractivity contribution in [2.24, 2.45) is 0 Å². The zero-order valence-electron chi connectivity index (χ0n) is 19.4. The Morgan fingerprint density at radius 2 is 1.55 bits per heavy atom. The lowest BCUT2D eigenvalue weighted by Gasteiger charge is -2.26. The molecule has 0 aliphatic heterocycles. The van der Waals surface area contributed by atoms with Gasteiger partial charge in [-0.3, -0.25) is 4.79 Å². The molecule has 0 heterocycles. The second-order valence-electron chi connectivity index (χ2n) is 9.03. The maximum Gasteiger partial charge on any atom is 0.306 e. The van der Waals surface area contributed by atoms with Crippen molar-refractivity contribution in [2.45, 2.75) is 117 Å². The molecule has 0 saturated heterocycles. The van der Waals surface area contributed by atoms with Gasteiger partial charge in [0.2, 0.25) is 0 Å². The lowest BCUT2D eigenvalue weighted by Crippen LogP contribution is -2.17. The lowest BCUT2D eigenvalue weighted by atomic mass is 9.79. The number of aromatic hydroxyl groups is 1. The van der Waals surface area contributed by atoms with E-state index in [0.29, 0.717) is 25.2 Å². The average molecular weight is 405 g/mol. The van der Waals surface area contributed by atoms with E-state index in [-0.39, 0.29) is 11.4 Å². The van der Waals surface area contributed by atoms with Crippen LogP contribution < -0.4 is 0 Å². The van der Waals surface area contributed by atoms with Crippen LogP contribution in [-0.2, 0) is 21.4 Å². The number of benzene rings is 1. The third-order valence-corrected chi connectivity index (χ3v) is 5.82. The fourth-order valence-corrected chi connectivity index (χ4v) is 3.77. The quantitative estimate of drug-likeness (QED) is 0.229. The smallest absolute Gasteiger partial charge is 0.306 e. The maximum atomic E-state index is 12.0. The number of carbonyl (C=O) groups excluding carboxylic acids is 1. The topological polar surface area (TPSA) is 46.5 Å². The molecule has 1 N–H and O–H groups in total. The molecule has 3 nitrogen and oxygen atoms in total. The molecule has 0 aliphatic carbocycles. The number of aryl methyl sites for hydroxylation is 1. The Labute approximate surface area is 179 Å². The highest BCUT2D eigenvalue weighted by molar-refractivity contribution is 5.69. The summed E-state index contributed by atoms with van der Waals surface area (Å²) in [5, 5.41) is 10.3. The van der Waals surface area contributed by atoms with Crippen molar-refractivity contribution in [1.82, 2.24) is 0 Å². The van der Waals surface area contributed by atoms with E-state index in [2.05, 4.69) is 33.8 Å². The average Bonchev–Trinajstić information content (AvgIpc) is 2.70. The van der Waals surface area contributed by atoms with Gasteiger partial charge in [-0.1, -0.05) is 97.6 Å². The summed E-state index contributed by atoms with van der Waals surface area (Å²) in [7, 11) is 0. The Bertz CT molecular complexity index is 577. The Morgan fingerprint density at radius 1 is 0.931 bits per heavy atom. The molecule has 0 radical (unpaired) electrons. The summed E-state index contributed by atoms with van der Waals surface area (Å²) in [5.41, 5.74) is 2.01. The van der Waals surface area contributed by atoms with Crippen LogP contribution in [0.1, 0.15) is 116 Å². The summed E-state index contributed by atoms with van der Waals surface area (Å²) in [6, 6.07) is 5.75. The number of carbonyl (C=O) groups is 1. The molecule has 0 amide bonds. The molecule has 0 unspecified atom stereocenters. The number of hydrogen-bond acceptors (Lipinski definition) is 3. The van der Waals surface area contributed by atoms with Crippen molar-refractivity contribution < 1.29 is 14.6 Å². The molecule has 1 rings (SSSR count). The second-order valence-corrected chi connectivity index (χ2v) is 9.03. The standard InChI is InChI=1S/C26H44O3/c1-5-7-9-10-11-12-13-14-20-29-25(28)18-16-22-15-17-24(27)23(21-22)26(3,4)19-8-6-2/h15,17,21,27H,5-14,16,18-20H2,1-4H3. The summed E-state index contributed by atoms with van der Waals surface area (Å²) in [4.78, 5) is 12.0. The van der Waals surface area contributed by atoms with Gasteiger partial charge in [0, 0.05) is 6.42 Å². The Balaban J connectivity index is 2.31. The summed E-state index contributed by atoms with van der Waals surface area (Å²) < 4.78 is 5.39. The largest absolute Gasteiger partial charge is 0.508 e. The van der Waals surface area contributed by atoms with Gasteiger partial charge in [-0.25, -0.2) is 0 Å². The van der Waals surface area contributed by atoms with E-state index in [1.54, 1.807) is 6.07 Å². The van der Waals surface area contributed by atoms with E-state index in [1.807, 2.05) is 6.07 Å². The van der Waals surface area contributed by atoms with Gasteiger partial charge < -0.3 is 9.84 Å². The van der Waals surface area contributed by atoms with Gasteiger partial charge in [0.25, 0.3) is 0 Å². The predicted molar refractivity (Wildman–Crippen MR) is 123 cm³/mol. The van der Waals surface area contributed by atoms with E-state index in [9.17, 15) is 9.90 Å². The Hall–Kier alpha value is -1.51. The van der Waals surface area contributed by atoms with Crippen LogP contribution in [0.2, 0.25) is 0 Å². The third-order valence-electron chi connectivity index (χ3n) is 5.82. The van der Waals surface area contributed by atoms with Crippen LogP contribution >= 0.6 is 0 Å². The number of rotatable bonds is 16. The summed E-state index contributed by atoms with van der Waals surface area (Å²) in [6.45, 7) is 9.33. The minimum Gasteiger partial charge on any atom is -0.508 e. The minimum absolute atomic E-state index is 0.0623. The molecular weight excluding hydrogens is 360 g/mol. The SMILES string of the molecule is CCCCCCCCCCOC(=O)CCc1ccc(O)c(C(C)(C)CCCC)c1. The van der Waals surface area contributed by atoms with Gasteiger partial charge >= 0.3 is 5.97 Å². The number of esters is 1. The maximum absolute atomic E-state index is 12.0. The first kappa shape index (κ1) is 25.5. The molecule has 0 aromatic heterocycles. The molecule has 0 atom stereocenters. The van der Waals surface area contributed by atoms with Crippen molar-refractivity contribution in [3.8, 4) is 5.75 Å². The van der Waals surface area contributed by atoms with E-state index in [1.165, 1.54) is 38.5 Å². The van der Waals surface area contributed by atoms with Crippen LogP contribution in [0.15, 0.2) is 18.2 Å². The van der Waals surface area contributed by atoms with E-state index < -0.39 is 0 Å². The highest BCUT2D eigenvalue weighted by Gasteiger charge is 2.23. The van der Waals surface area contributed by atoms with Crippen molar-refractivity contribution >= 4 is 5.97 Å². The van der Waals surface area contributed by atoms with E-state index in [0.717, 1.165) is 43.2 Å². The van der Waals surface area contributed by atoms with Crippen LogP contribution in [0.4, 0.5) is 0 Å². The molecule has 1 aromatic carbocycles. The molecule has 0 fully saturated rings. The number of phenolic OH excluding ortho intramolecular Hbond substituents is 1. The van der Waals surface area contributed by atoms with Crippen LogP contribution in [0.3, 0.4) is 0 Å². The molecule has 29 heavy (non-hydrogen) atoms. The van der Waals surface area contributed by atoms with Crippen LogP contribution in [0.5, 0.6) is 5.75 Å². The van der Waals surface area contributed by atoms with Gasteiger partial charge in [0.1, 0.15) is 5.75 Å². The summed E-state index contributed by atoms with van der Waals surface area (Å²) in [5.74, 6) is 0.236. The summed E-state index contributed by atoms with van der Waals surface area (Å²) in [6.07, 6.45) is 14.4. The van der Waals surface area contributed by atoms with Gasteiger partial charge in [-0.05, 0) is 41.9 Å². The molecule has 0 saturated carbocycles. The predicted octanol–water partition coefficient (Wildman–Crippen LogP) is 7.48. The first-order chi connectivity index (χ1) is 13.9. The van der Waals surface area contributed by atoms with Crippen LogP contribution in [0.25, 0.3) is 0 Å². The molecule has 0 spiro atoms. The molecular formula is C26H44O3. The lowest BCUT2D eigenvalue weighted by molar-refractivity contribution is -0.143. The number of ether oxygens (including phenoxy) is 1. The third kappa shape index (κ3) is 10.7. The number of hydrogen-bond donors (Lipinski definition) is 1. The molecule has 166 valence electrons. The van der Waals surface area contributed by atoms with Gasteiger partial charge in [0.15, 0.2) is 0 Å². The van der Waals surface area contributed by atoms with Crippen molar-refractivity contribution in [3.05, 3.63) is 29.3 Å². The first-order valence-corrected chi connectivity index (χ1v) is 11.9. The fourth-order valence-electron chi connectivity index (χ4n) is 3.77. The fraction of sp³-hybridized carbons (Fsp3) is 0.731. The Morgan fingerprint density at radius 3 is 2.21 bits per heavy atom. The van der Waals surface area contributed by atoms with Crippen LogP contribution in [0, 0.1) is 0 Å². The highest BCUT2D eigenvalue weighted by Crippen LogP contribution is 2.35. The van der Waals surface area contributed by atoms with Gasteiger partial charge in [0.05, 0.1) is 6.61 Å². The van der Waals surface area contributed by atoms with Crippen molar-refractivity contribution in [2.75, 3.05) is 6.61 Å². The summed E-state index contributed by atoms with van der Waals surface area (Å²) >= 11 is 0. The Kier molecular flexibility index (Phi) is 12.7. The molecule has 0 bridgehead atoms. The minimum atomic E-state index is -0.118. The van der Waals surface area contributed by atoms with Crippen molar-refractivity contribution in [1.29, 1.82) is 0 Å². The zero-order valence-corrected chi connectivity index (χ0v) is 19.4.